The highest BCUT2D eigenvalue weighted by Gasteiger charge is 2.44. The first-order valence-corrected chi connectivity index (χ1v) is 12.1. The second-order valence-electron chi connectivity index (χ2n) is 9.29. The number of rotatable bonds is 5. The molecule has 2 saturated heterocycles. The minimum atomic E-state index is -5.08. The Kier molecular flexibility index (Phi) is 11.8. The Hall–Kier alpha value is -3.30. The topological polar surface area (TPSA) is 116 Å². The molecule has 0 bridgehead atoms. The van der Waals surface area contributed by atoms with Gasteiger partial charge in [-0.25, -0.2) is 9.59 Å². The molecule has 2 aromatic heterocycles. The normalized spacial score (nSPS) is 18.9. The third kappa shape index (κ3) is 11.1. The third-order valence-electron chi connectivity index (χ3n) is 6.31. The number of hydrogen-bond acceptors (Lipinski definition) is 7. The molecule has 2 aliphatic heterocycles. The minimum absolute atomic E-state index is 0.0731. The van der Waals surface area contributed by atoms with Crippen molar-refractivity contribution in [2.75, 3.05) is 26.7 Å². The number of carbonyl (C=O) groups is 2. The van der Waals surface area contributed by atoms with E-state index in [9.17, 15) is 26.3 Å². The molecule has 222 valence electrons. The van der Waals surface area contributed by atoms with Gasteiger partial charge in [-0.3, -0.25) is 19.8 Å². The number of nitrogens with zero attached hydrogens (tertiary/aromatic N) is 4. The predicted molar refractivity (Wildman–Crippen MR) is 129 cm³/mol. The molecule has 2 aromatic rings. The number of aromatic nitrogens is 2. The number of hydrogen-bond donors (Lipinski definition) is 2. The Bertz CT molecular complexity index is 1040. The number of piperidine rings is 1. The molecule has 0 aromatic carbocycles. The van der Waals surface area contributed by atoms with Crippen molar-refractivity contribution >= 4 is 11.9 Å². The van der Waals surface area contributed by atoms with Gasteiger partial charge in [0, 0.05) is 44.6 Å². The Labute approximate surface area is 226 Å². The van der Waals surface area contributed by atoms with Gasteiger partial charge in [0.1, 0.15) is 0 Å². The maximum atomic E-state index is 10.6. The van der Waals surface area contributed by atoms with E-state index in [0.717, 1.165) is 63.4 Å². The van der Waals surface area contributed by atoms with Crippen LogP contribution in [-0.4, -0.2) is 92.7 Å². The van der Waals surface area contributed by atoms with Gasteiger partial charge in [0.15, 0.2) is 0 Å². The van der Waals surface area contributed by atoms with E-state index < -0.39 is 24.3 Å². The highest BCUT2D eigenvalue weighted by atomic mass is 19.4. The standard InChI is InChI=1S/C21H28N4O.2C2HF3O2/c1-24(15-18-6-2-4-10-22-18)20-14-21(26-17-20)8-12-25(13-9-21)16-19-7-3-5-11-23-19;2*3-2(4,5)1(6)7/h2-7,10-11,20H,8-9,12-17H2,1H3;2*(H,6,7). The van der Waals surface area contributed by atoms with Gasteiger partial charge in [-0.1, -0.05) is 12.1 Å². The van der Waals surface area contributed by atoms with Crippen LogP contribution in [0.2, 0.25) is 0 Å². The molecule has 0 amide bonds. The maximum absolute atomic E-state index is 10.6. The van der Waals surface area contributed by atoms with E-state index in [1.807, 2.05) is 24.5 Å². The fraction of sp³-hybridized carbons (Fsp3) is 0.520. The third-order valence-corrected chi connectivity index (χ3v) is 6.31. The fourth-order valence-electron chi connectivity index (χ4n) is 4.17. The molecule has 0 radical (unpaired) electrons. The molecule has 4 heterocycles. The van der Waals surface area contributed by atoms with Crippen LogP contribution < -0.4 is 0 Å². The molecule has 0 saturated carbocycles. The van der Waals surface area contributed by atoms with Crippen LogP contribution >= 0.6 is 0 Å². The second-order valence-corrected chi connectivity index (χ2v) is 9.29. The zero-order chi connectivity index (χ0) is 30.0. The molecular weight excluding hydrogens is 550 g/mol. The highest BCUT2D eigenvalue weighted by molar-refractivity contribution is 5.73. The highest BCUT2D eigenvalue weighted by Crippen LogP contribution is 2.37. The summed E-state index contributed by atoms with van der Waals surface area (Å²) in [7, 11) is 2.19. The molecule has 40 heavy (non-hydrogen) atoms. The monoisotopic (exact) mass is 580 g/mol. The van der Waals surface area contributed by atoms with E-state index in [0.29, 0.717) is 6.04 Å². The van der Waals surface area contributed by atoms with Crippen molar-refractivity contribution in [3.05, 3.63) is 60.2 Å². The first kappa shape index (κ1) is 32.9. The van der Waals surface area contributed by atoms with Crippen LogP contribution in [0, 0.1) is 0 Å². The van der Waals surface area contributed by atoms with E-state index in [-0.39, 0.29) is 5.60 Å². The number of alkyl halides is 6. The van der Waals surface area contributed by atoms with Crippen molar-refractivity contribution < 1.29 is 50.9 Å². The lowest BCUT2D eigenvalue weighted by molar-refractivity contribution is -0.193. The van der Waals surface area contributed by atoms with E-state index in [1.165, 1.54) is 0 Å². The number of likely N-dealkylation sites (N-methyl/N-ethyl adjacent to an activating group) is 1. The second kappa shape index (κ2) is 14.4. The number of pyridine rings is 2. The van der Waals surface area contributed by atoms with Crippen molar-refractivity contribution in [3.8, 4) is 0 Å². The summed E-state index contributed by atoms with van der Waals surface area (Å²) in [6.07, 6.45) is -3.05. The predicted octanol–water partition coefficient (Wildman–Crippen LogP) is 4.00. The average molecular weight is 581 g/mol. The largest absolute Gasteiger partial charge is 0.490 e. The zero-order valence-electron chi connectivity index (χ0n) is 21.5. The van der Waals surface area contributed by atoms with Gasteiger partial charge >= 0.3 is 24.3 Å². The van der Waals surface area contributed by atoms with Crippen LogP contribution in [0.25, 0.3) is 0 Å². The Morgan fingerprint density at radius 2 is 1.43 bits per heavy atom. The van der Waals surface area contributed by atoms with Crippen molar-refractivity contribution in [2.24, 2.45) is 0 Å². The SMILES string of the molecule is CN(Cc1ccccn1)C1COC2(CCN(Cc3ccccn3)CC2)C1.O=C(O)C(F)(F)F.O=C(O)C(F)(F)F. The van der Waals surface area contributed by atoms with Gasteiger partial charge in [0.05, 0.1) is 23.6 Å². The maximum Gasteiger partial charge on any atom is 0.490 e. The summed E-state index contributed by atoms with van der Waals surface area (Å²) >= 11 is 0. The van der Waals surface area contributed by atoms with Crippen LogP contribution in [-0.2, 0) is 27.4 Å². The first-order valence-electron chi connectivity index (χ1n) is 12.1. The molecule has 0 aliphatic carbocycles. The number of ether oxygens (including phenoxy) is 1. The van der Waals surface area contributed by atoms with Crippen LogP contribution in [0.1, 0.15) is 30.7 Å². The number of carboxylic acid groups (broad SMARTS) is 2. The van der Waals surface area contributed by atoms with Gasteiger partial charge in [-0.15, -0.1) is 0 Å². The molecule has 15 heteroatoms. The molecule has 9 nitrogen and oxygen atoms in total. The van der Waals surface area contributed by atoms with Crippen LogP contribution in [0.5, 0.6) is 0 Å². The van der Waals surface area contributed by atoms with Crippen LogP contribution in [0.4, 0.5) is 26.3 Å². The smallest absolute Gasteiger partial charge is 0.475 e. The first-order chi connectivity index (χ1) is 18.6. The molecule has 1 unspecified atom stereocenters. The summed E-state index contributed by atoms with van der Waals surface area (Å²) in [6, 6.07) is 12.8. The van der Waals surface area contributed by atoms with E-state index in [4.69, 9.17) is 24.5 Å². The Morgan fingerprint density at radius 3 is 1.85 bits per heavy atom. The van der Waals surface area contributed by atoms with E-state index in [1.54, 1.807) is 0 Å². The van der Waals surface area contributed by atoms with Gasteiger partial charge in [-0.05, 0) is 50.6 Å². The molecule has 2 fully saturated rings. The molecule has 4 rings (SSSR count). The van der Waals surface area contributed by atoms with Crippen LogP contribution in [0.15, 0.2) is 48.8 Å². The average Bonchev–Trinajstić information content (AvgIpc) is 3.30. The van der Waals surface area contributed by atoms with E-state index in [2.05, 4.69) is 51.1 Å². The van der Waals surface area contributed by atoms with Crippen molar-refractivity contribution in [2.45, 2.75) is 56.3 Å². The Balaban J connectivity index is 0.000000333. The summed E-state index contributed by atoms with van der Waals surface area (Å²) in [5.74, 6) is -5.51. The lowest BCUT2D eigenvalue weighted by atomic mass is 9.87. The van der Waals surface area contributed by atoms with Gasteiger partial charge in [-0.2, -0.15) is 26.3 Å². The van der Waals surface area contributed by atoms with Gasteiger partial charge in [0.2, 0.25) is 0 Å². The number of likely N-dealkylation sites (tertiary alicyclic amines) is 1. The molecule has 2 aliphatic rings. The summed E-state index contributed by atoms with van der Waals surface area (Å²) in [5, 5.41) is 14.2. The van der Waals surface area contributed by atoms with Crippen LogP contribution in [0.3, 0.4) is 0 Å². The lowest BCUT2D eigenvalue weighted by Gasteiger charge is -2.38. The summed E-state index contributed by atoms with van der Waals surface area (Å²) in [6.45, 7) is 4.85. The van der Waals surface area contributed by atoms with Crippen molar-refractivity contribution in [3.63, 3.8) is 0 Å². The number of halogens is 6. The van der Waals surface area contributed by atoms with E-state index >= 15 is 0 Å². The lowest BCUT2D eigenvalue weighted by Crippen LogP contribution is -2.44. The molecule has 1 spiro atoms. The van der Waals surface area contributed by atoms with Gasteiger partial charge < -0.3 is 14.9 Å². The van der Waals surface area contributed by atoms with Gasteiger partial charge in [0.25, 0.3) is 0 Å². The van der Waals surface area contributed by atoms with Crippen molar-refractivity contribution in [1.82, 2.24) is 19.8 Å². The quantitative estimate of drug-likeness (QED) is 0.507. The Morgan fingerprint density at radius 1 is 0.950 bits per heavy atom. The molecular formula is C25H30F6N4O5. The number of carboxylic acids is 2. The summed E-state index contributed by atoms with van der Waals surface area (Å²) in [4.78, 5) is 31.6. The summed E-state index contributed by atoms with van der Waals surface area (Å²) < 4.78 is 69.8. The minimum Gasteiger partial charge on any atom is -0.475 e. The fourth-order valence-corrected chi connectivity index (χ4v) is 4.17. The molecule has 2 N–H and O–H groups in total. The summed E-state index contributed by atoms with van der Waals surface area (Å²) in [5.41, 5.74) is 2.36. The number of aliphatic carboxylic acids is 2. The zero-order valence-corrected chi connectivity index (χ0v) is 21.5. The molecule has 1 atom stereocenters. The van der Waals surface area contributed by atoms with Crippen molar-refractivity contribution in [1.29, 1.82) is 0 Å².